The standard InChI is InChI=1S/C11H16NO3S.C7H6N2.Na/c1-9-10(8-16-13)12-5-4-11(9)15-7-3-6-14-2;1-2-4-7-6(3-1)8-5-9-7;/h4-5H,3,6-8H2,1-2H3;1-5H,(H,8,9);/q-1;;+1. The monoisotopic (exact) mass is 383 g/mol. The van der Waals surface area contributed by atoms with Gasteiger partial charge in [-0.05, 0) is 25.1 Å². The number of nitrogens with one attached hydrogen (secondary N) is 1. The minimum Gasteiger partial charge on any atom is -0.493 e. The molecule has 0 aliphatic carbocycles. The van der Waals surface area contributed by atoms with E-state index in [1.165, 1.54) is 0 Å². The zero-order valence-corrected chi connectivity index (χ0v) is 18.2. The van der Waals surface area contributed by atoms with Crippen molar-refractivity contribution < 1.29 is 43.2 Å². The third kappa shape index (κ3) is 7.17. The van der Waals surface area contributed by atoms with Crippen LogP contribution >= 0.6 is 0 Å². The predicted molar refractivity (Wildman–Crippen MR) is 98.8 cm³/mol. The van der Waals surface area contributed by atoms with Crippen molar-refractivity contribution >= 4 is 22.7 Å². The minimum absolute atomic E-state index is 0. The summed E-state index contributed by atoms with van der Waals surface area (Å²) in [7, 11) is 1.67. The van der Waals surface area contributed by atoms with Gasteiger partial charge in [0.15, 0.2) is 0 Å². The van der Waals surface area contributed by atoms with Crippen LogP contribution in [-0.2, 0) is 26.4 Å². The first kappa shape index (κ1) is 22.8. The fraction of sp³-hybridized carbons (Fsp3) is 0.333. The van der Waals surface area contributed by atoms with Crippen LogP contribution in [0.2, 0.25) is 0 Å². The van der Waals surface area contributed by atoms with Gasteiger partial charge < -0.3 is 30.3 Å². The van der Waals surface area contributed by atoms with E-state index in [1.807, 2.05) is 37.3 Å². The van der Waals surface area contributed by atoms with Crippen LogP contribution in [0.25, 0.3) is 11.0 Å². The number of hydrogen-bond acceptors (Lipinski definition) is 6. The Hall–Kier alpha value is -1.25. The molecule has 0 radical (unpaired) electrons. The van der Waals surface area contributed by atoms with Crippen molar-refractivity contribution in [2.75, 3.05) is 20.3 Å². The first-order valence-electron chi connectivity index (χ1n) is 7.95. The largest absolute Gasteiger partial charge is 1.00 e. The SMILES string of the molecule is COCCCOc1ccnc(C[S-]=O)c1C.[Na+].c1ccc2[nH]cnc2c1. The van der Waals surface area contributed by atoms with Crippen LogP contribution in [0.4, 0.5) is 0 Å². The van der Waals surface area contributed by atoms with Crippen molar-refractivity contribution in [2.24, 2.45) is 0 Å². The van der Waals surface area contributed by atoms with Gasteiger partial charge in [-0.3, -0.25) is 4.98 Å². The summed E-state index contributed by atoms with van der Waals surface area (Å²) in [5.41, 5.74) is 3.86. The number of pyridine rings is 1. The second-order valence-corrected chi connectivity index (χ2v) is 5.78. The number of methoxy groups -OCH3 is 1. The maximum atomic E-state index is 10.5. The number of hydrogen-bond donors (Lipinski definition) is 1. The summed E-state index contributed by atoms with van der Waals surface area (Å²) in [6, 6.07) is 9.76. The van der Waals surface area contributed by atoms with Crippen molar-refractivity contribution in [1.29, 1.82) is 0 Å². The Kier molecular flexibility index (Phi) is 11.4. The van der Waals surface area contributed by atoms with E-state index in [0.29, 0.717) is 30.6 Å². The number of imidazole rings is 1. The molecule has 0 atom stereocenters. The normalized spacial score (nSPS) is 9.92. The van der Waals surface area contributed by atoms with Gasteiger partial charge >= 0.3 is 29.6 Å². The molecule has 0 fully saturated rings. The molecule has 0 aliphatic rings. The van der Waals surface area contributed by atoms with E-state index in [-0.39, 0.29) is 29.6 Å². The summed E-state index contributed by atoms with van der Waals surface area (Å²) in [5.74, 6) is 1.18. The Morgan fingerprint density at radius 3 is 2.69 bits per heavy atom. The number of H-pyrrole nitrogens is 1. The third-order valence-corrected chi connectivity index (χ3v) is 3.92. The molecule has 2 aromatic heterocycles. The number of benzene rings is 1. The van der Waals surface area contributed by atoms with E-state index >= 15 is 0 Å². The zero-order chi connectivity index (χ0) is 17.9. The number of para-hydroxylation sites is 2. The number of fused-ring (bicyclic) bond motifs is 1. The van der Waals surface area contributed by atoms with E-state index in [2.05, 4.69) is 15.0 Å². The average molecular weight is 383 g/mol. The summed E-state index contributed by atoms with van der Waals surface area (Å²) in [6.45, 7) is 3.22. The zero-order valence-electron chi connectivity index (χ0n) is 15.4. The second-order valence-electron chi connectivity index (χ2n) is 5.26. The van der Waals surface area contributed by atoms with Crippen molar-refractivity contribution in [2.45, 2.75) is 19.1 Å². The topological polar surface area (TPSA) is 77.1 Å². The van der Waals surface area contributed by atoms with Crippen molar-refractivity contribution in [3.05, 3.63) is 54.1 Å². The molecule has 1 N–H and O–H groups in total. The molecule has 0 saturated carbocycles. The summed E-state index contributed by atoms with van der Waals surface area (Å²) in [4.78, 5) is 11.2. The van der Waals surface area contributed by atoms with Crippen LogP contribution in [0.5, 0.6) is 5.75 Å². The number of rotatable bonds is 7. The van der Waals surface area contributed by atoms with Crippen LogP contribution in [-0.4, -0.2) is 35.3 Å². The number of nitrogens with zero attached hydrogens (tertiary/aromatic N) is 2. The predicted octanol–water partition coefficient (Wildman–Crippen LogP) is 0.300. The van der Waals surface area contributed by atoms with Gasteiger partial charge in [0, 0.05) is 37.6 Å². The average Bonchev–Trinajstić information content (AvgIpc) is 3.11. The molecule has 2 heterocycles. The molecular formula is C18H22N3NaO3S. The van der Waals surface area contributed by atoms with Crippen LogP contribution in [0.1, 0.15) is 17.7 Å². The fourth-order valence-electron chi connectivity index (χ4n) is 2.18. The molecule has 0 amide bonds. The van der Waals surface area contributed by atoms with Crippen LogP contribution in [0.3, 0.4) is 0 Å². The molecule has 134 valence electrons. The van der Waals surface area contributed by atoms with E-state index in [4.69, 9.17) is 9.47 Å². The Balaban J connectivity index is 0.000000284. The van der Waals surface area contributed by atoms with Crippen LogP contribution in [0, 0.1) is 6.92 Å². The molecule has 0 unspecified atom stereocenters. The molecular weight excluding hydrogens is 361 g/mol. The summed E-state index contributed by atoms with van der Waals surface area (Å²) in [6.07, 6.45) is 4.22. The molecule has 0 aliphatic heterocycles. The molecule has 1 aromatic carbocycles. The van der Waals surface area contributed by atoms with Gasteiger partial charge in [-0.1, -0.05) is 17.9 Å². The molecule has 0 bridgehead atoms. The minimum atomic E-state index is 0. The van der Waals surface area contributed by atoms with E-state index < -0.39 is 0 Å². The molecule has 26 heavy (non-hydrogen) atoms. The summed E-state index contributed by atoms with van der Waals surface area (Å²) < 4.78 is 21.0. The molecule has 3 aromatic rings. The van der Waals surface area contributed by atoms with E-state index in [0.717, 1.165) is 34.5 Å². The smallest absolute Gasteiger partial charge is 0.493 e. The van der Waals surface area contributed by atoms with Crippen molar-refractivity contribution in [1.82, 2.24) is 15.0 Å². The Labute approximate surface area is 179 Å². The second kappa shape index (κ2) is 13.0. The molecule has 0 spiro atoms. The molecule has 8 heteroatoms. The maximum absolute atomic E-state index is 10.5. The molecule has 3 rings (SSSR count). The molecule has 6 nitrogen and oxygen atoms in total. The van der Waals surface area contributed by atoms with E-state index in [1.54, 1.807) is 19.6 Å². The van der Waals surface area contributed by atoms with Crippen molar-refractivity contribution in [3.63, 3.8) is 0 Å². The first-order valence-corrected chi connectivity index (χ1v) is 8.86. The molecule has 0 saturated heterocycles. The van der Waals surface area contributed by atoms with Crippen molar-refractivity contribution in [3.8, 4) is 5.75 Å². The number of aromatic amines is 1. The Morgan fingerprint density at radius 1 is 1.15 bits per heavy atom. The fourth-order valence-corrected chi connectivity index (χ4v) is 2.58. The quantitative estimate of drug-likeness (QED) is 0.361. The van der Waals surface area contributed by atoms with Crippen LogP contribution in [0.15, 0.2) is 42.9 Å². The number of aromatic nitrogens is 3. The first-order chi connectivity index (χ1) is 12.3. The van der Waals surface area contributed by atoms with E-state index in [9.17, 15) is 4.21 Å². The van der Waals surface area contributed by atoms with Gasteiger partial charge in [0.1, 0.15) is 5.75 Å². The maximum Gasteiger partial charge on any atom is 1.00 e. The van der Waals surface area contributed by atoms with Gasteiger partial charge in [0.05, 0.1) is 24.0 Å². The van der Waals surface area contributed by atoms with Gasteiger partial charge in [-0.2, -0.15) is 0 Å². The summed E-state index contributed by atoms with van der Waals surface area (Å²) >= 11 is 0.522. The van der Waals surface area contributed by atoms with Gasteiger partial charge in [0.25, 0.3) is 0 Å². The van der Waals surface area contributed by atoms with Crippen LogP contribution < -0.4 is 34.3 Å². The van der Waals surface area contributed by atoms with Gasteiger partial charge in [-0.15, -0.1) is 0 Å². The Bertz CT molecular complexity index is 768. The summed E-state index contributed by atoms with van der Waals surface area (Å²) in [5, 5.41) is 0. The third-order valence-electron chi connectivity index (χ3n) is 3.53. The number of ether oxygens (including phenoxy) is 2. The Morgan fingerprint density at radius 2 is 1.96 bits per heavy atom. The van der Waals surface area contributed by atoms with Gasteiger partial charge in [-0.25, -0.2) is 4.98 Å². The van der Waals surface area contributed by atoms with Gasteiger partial charge in [0.2, 0.25) is 0 Å².